The topological polar surface area (TPSA) is 56.2 Å². The SMILES string of the molecule is Cc1c(C(N)=O)oc2ccc(Cl)cc12. The fourth-order valence-electron chi connectivity index (χ4n) is 1.43. The van der Waals surface area contributed by atoms with Crippen LogP contribution in [0.5, 0.6) is 0 Å². The van der Waals surface area contributed by atoms with Gasteiger partial charge in [0.1, 0.15) is 5.58 Å². The van der Waals surface area contributed by atoms with Gasteiger partial charge in [-0.05, 0) is 25.1 Å². The zero-order chi connectivity index (χ0) is 10.3. The van der Waals surface area contributed by atoms with Gasteiger partial charge >= 0.3 is 0 Å². The lowest BCUT2D eigenvalue weighted by Gasteiger charge is -1.90. The van der Waals surface area contributed by atoms with Crippen molar-refractivity contribution in [3.8, 4) is 0 Å². The summed E-state index contributed by atoms with van der Waals surface area (Å²) in [5, 5.41) is 1.43. The van der Waals surface area contributed by atoms with E-state index >= 15 is 0 Å². The Kier molecular flexibility index (Phi) is 1.97. The molecule has 14 heavy (non-hydrogen) atoms. The molecule has 0 unspecified atom stereocenters. The summed E-state index contributed by atoms with van der Waals surface area (Å²) in [6, 6.07) is 5.18. The van der Waals surface area contributed by atoms with Gasteiger partial charge in [-0.3, -0.25) is 4.79 Å². The summed E-state index contributed by atoms with van der Waals surface area (Å²) in [5.41, 5.74) is 6.51. The number of carbonyl (C=O) groups excluding carboxylic acids is 1. The fraction of sp³-hybridized carbons (Fsp3) is 0.100. The van der Waals surface area contributed by atoms with Crippen molar-refractivity contribution < 1.29 is 9.21 Å². The molecule has 1 aromatic heterocycles. The summed E-state index contributed by atoms with van der Waals surface area (Å²) in [7, 11) is 0. The minimum atomic E-state index is -0.560. The number of furan rings is 1. The summed E-state index contributed by atoms with van der Waals surface area (Å²) >= 11 is 5.82. The molecule has 3 nitrogen and oxygen atoms in total. The number of primary amides is 1. The molecule has 1 aromatic carbocycles. The number of benzene rings is 1. The normalized spacial score (nSPS) is 10.7. The molecule has 0 atom stereocenters. The van der Waals surface area contributed by atoms with Gasteiger partial charge in [-0.1, -0.05) is 11.6 Å². The van der Waals surface area contributed by atoms with Crippen LogP contribution in [0.15, 0.2) is 22.6 Å². The Bertz CT molecular complexity index is 516. The van der Waals surface area contributed by atoms with Crippen molar-refractivity contribution in [2.45, 2.75) is 6.92 Å². The molecule has 1 amide bonds. The van der Waals surface area contributed by atoms with E-state index in [1.165, 1.54) is 0 Å². The van der Waals surface area contributed by atoms with Crippen molar-refractivity contribution in [1.29, 1.82) is 0 Å². The molecule has 0 saturated heterocycles. The molecule has 0 bridgehead atoms. The van der Waals surface area contributed by atoms with E-state index in [1.54, 1.807) is 25.1 Å². The maximum absolute atomic E-state index is 11.0. The van der Waals surface area contributed by atoms with Crippen molar-refractivity contribution in [1.82, 2.24) is 0 Å². The number of hydrogen-bond acceptors (Lipinski definition) is 2. The van der Waals surface area contributed by atoms with Crippen molar-refractivity contribution in [3.05, 3.63) is 34.5 Å². The van der Waals surface area contributed by atoms with Crippen molar-refractivity contribution in [3.63, 3.8) is 0 Å². The highest BCUT2D eigenvalue weighted by molar-refractivity contribution is 6.31. The largest absolute Gasteiger partial charge is 0.451 e. The summed E-state index contributed by atoms with van der Waals surface area (Å²) in [6.07, 6.45) is 0. The van der Waals surface area contributed by atoms with Crippen LogP contribution in [0, 0.1) is 6.92 Å². The van der Waals surface area contributed by atoms with Gasteiger partial charge in [-0.25, -0.2) is 0 Å². The highest BCUT2D eigenvalue weighted by Crippen LogP contribution is 2.27. The van der Waals surface area contributed by atoms with Crippen LogP contribution in [0.25, 0.3) is 11.0 Å². The summed E-state index contributed by atoms with van der Waals surface area (Å²) < 4.78 is 5.28. The van der Waals surface area contributed by atoms with Gasteiger partial charge in [0.25, 0.3) is 5.91 Å². The van der Waals surface area contributed by atoms with E-state index in [0.717, 1.165) is 10.9 Å². The average Bonchev–Trinajstić information content (AvgIpc) is 2.44. The van der Waals surface area contributed by atoms with E-state index in [4.69, 9.17) is 21.8 Å². The van der Waals surface area contributed by atoms with Crippen LogP contribution in [0.2, 0.25) is 5.02 Å². The first-order chi connectivity index (χ1) is 6.59. The Hall–Kier alpha value is -1.48. The van der Waals surface area contributed by atoms with E-state index in [1.807, 2.05) is 0 Å². The van der Waals surface area contributed by atoms with E-state index < -0.39 is 5.91 Å². The van der Waals surface area contributed by atoms with E-state index in [2.05, 4.69) is 0 Å². The van der Waals surface area contributed by atoms with Crippen LogP contribution in [-0.2, 0) is 0 Å². The van der Waals surface area contributed by atoms with E-state index in [0.29, 0.717) is 10.6 Å². The third-order valence-corrected chi connectivity index (χ3v) is 2.36. The second-order valence-corrected chi connectivity index (χ2v) is 3.50. The minimum absolute atomic E-state index is 0.197. The Balaban J connectivity index is 2.80. The number of hydrogen-bond donors (Lipinski definition) is 1. The fourth-order valence-corrected chi connectivity index (χ4v) is 1.60. The number of nitrogens with two attached hydrogens (primary N) is 1. The Labute approximate surface area is 85.4 Å². The van der Waals surface area contributed by atoms with Crippen LogP contribution in [0.1, 0.15) is 16.1 Å². The number of aryl methyl sites for hydroxylation is 1. The second kappa shape index (κ2) is 3.03. The zero-order valence-corrected chi connectivity index (χ0v) is 8.26. The molecular weight excluding hydrogens is 202 g/mol. The third-order valence-electron chi connectivity index (χ3n) is 2.12. The van der Waals surface area contributed by atoms with E-state index in [-0.39, 0.29) is 5.76 Å². The molecule has 2 aromatic rings. The molecule has 0 aliphatic carbocycles. The van der Waals surface area contributed by atoms with Crippen LogP contribution in [0.4, 0.5) is 0 Å². The lowest BCUT2D eigenvalue weighted by molar-refractivity contribution is 0.0975. The third kappa shape index (κ3) is 1.26. The Morgan fingerprint density at radius 1 is 1.50 bits per heavy atom. The Morgan fingerprint density at radius 2 is 2.21 bits per heavy atom. The van der Waals surface area contributed by atoms with Crippen molar-refractivity contribution >= 4 is 28.5 Å². The Morgan fingerprint density at radius 3 is 2.86 bits per heavy atom. The first-order valence-corrected chi connectivity index (χ1v) is 4.46. The van der Waals surface area contributed by atoms with Gasteiger partial charge in [0.05, 0.1) is 0 Å². The quantitative estimate of drug-likeness (QED) is 0.785. The minimum Gasteiger partial charge on any atom is -0.451 e. The molecule has 0 aliphatic rings. The summed E-state index contributed by atoms with van der Waals surface area (Å²) in [5.74, 6) is -0.364. The van der Waals surface area contributed by atoms with Crippen LogP contribution in [0.3, 0.4) is 0 Å². The number of carbonyl (C=O) groups is 1. The molecule has 0 aliphatic heterocycles. The average molecular weight is 210 g/mol. The smallest absolute Gasteiger partial charge is 0.284 e. The van der Waals surface area contributed by atoms with E-state index in [9.17, 15) is 4.79 Å². The van der Waals surface area contributed by atoms with Crippen LogP contribution >= 0.6 is 11.6 Å². The summed E-state index contributed by atoms with van der Waals surface area (Å²) in [4.78, 5) is 11.0. The molecule has 0 spiro atoms. The van der Waals surface area contributed by atoms with Gasteiger partial charge in [0.2, 0.25) is 0 Å². The molecule has 0 radical (unpaired) electrons. The highest BCUT2D eigenvalue weighted by Gasteiger charge is 2.14. The predicted octanol–water partition coefficient (Wildman–Crippen LogP) is 2.49. The standard InChI is InChI=1S/C10H8ClNO2/c1-5-7-4-6(11)2-3-8(7)14-9(5)10(12)13/h2-4H,1H3,(H2,12,13). The molecular formula is C10H8ClNO2. The predicted molar refractivity (Wildman–Crippen MR) is 54.5 cm³/mol. The van der Waals surface area contributed by atoms with Gasteiger partial charge < -0.3 is 10.2 Å². The van der Waals surface area contributed by atoms with Gasteiger partial charge in [0, 0.05) is 16.0 Å². The monoisotopic (exact) mass is 209 g/mol. The zero-order valence-electron chi connectivity index (χ0n) is 7.50. The number of amides is 1. The first kappa shape index (κ1) is 9.09. The molecule has 4 heteroatoms. The number of halogens is 1. The van der Waals surface area contributed by atoms with Gasteiger partial charge in [0.15, 0.2) is 5.76 Å². The lowest BCUT2D eigenvalue weighted by Crippen LogP contribution is -2.10. The molecule has 0 saturated carbocycles. The van der Waals surface area contributed by atoms with Gasteiger partial charge in [-0.15, -0.1) is 0 Å². The maximum Gasteiger partial charge on any atom is 0.284 e. The maximum atomic E-state index is 11.0. The lowest BCUT2D eigenvalue weighted by atomic mass is 10.1. The highest BCUT2D eigenvalue weighted by atomic mass is 35.5. The first-order valence-electron chi connectivity index (χ1n) is 4.08. The van der Waals surface area contributed by atoms with Crippen molar-refractivity contribution in [2.24, 2.45) is 5.73 Å². The van der Waals surface area contributed by atoms with Crippen molar-refractivity contribution in [2.75, 3.05) is 0 Å². The number of rotatable bonds is 1. The second-order valence-electron chi connectivity index (χ2n) is 3.06. The molecule has 2 rings (SSSR count). The van der Waals surface area contributed by atoms with Crippen LogP contribution < -0.4 is 5.73 Å². The molecule has 2 N–H and O–H groups in total. The molecule has 0 fully saturated rings. The van der Waals surface area contributed by atoms with Crippen LogP contribution in [-0.4, -0.2) is 5.91 Å². The molecule has 1 heterocycles. The van der Waals surface area contributed by atoms with Gasteiger partial charge in [-0.2, -0.15) is 0 Å². The summed E-state index contributed by atoms with van der Waals surface area (Å²) in [6.45, 7) is 1.78. The number of fused-ring (bicyclic) bond motifs is 1. The molecule has 72 valence electrons.